The van der Waals surface area contributed by atoms with E-state index in [1.54, 1.807) is 5.56 Å². The average molecular weight is 182 g/mol. The van der Waals surface area contributed by atoms with E-state index in [0.29, 0.717) is 0 Å². The zero-order chi connectivity index (χ0) is 7.68. The predicted octanol–water partition coefficient (Wildman–Crippen LogP) is 3.43. The minimum atomic E-state index is 1.22. The molecule has 0 N–H and O–H groups in total. The van der Waals surface area contributed by atoms with Crippen molar-refractivity contribution in [3.05, 3.63) is 22.6 Å². The molecule has 0 amide bonds. The molecule has 1 aliphatic carbocycles. The van der Waals surface area contributed by atoms with Crippen molar-refractivity contribution in [2.75, 3.05) is 6.26 Å². The highest BCUT2D eigenvalue weighted by atomic mass is 32.2. The number of hydrogen-bond acceptors (Lipinski definition) is 2. The van der Waals surface area contributed by atoms with E-state index in [4.69, 9.17) is 0 Å². The largest absolute Gasteiger partial charge is 0.137 e. The van der Waals surface area contributed by atoms with Gasteiger partial charge in [0.25, 0.3) is 0 Å². The molecule has 2 heteroatoms. The lowest BCUT2D eigenvalue weighted by Crippen LogP contribution is -1.89. The van der Waals surface area contributed by atoms with E-state index in [9.17, 15) is 0 Å². The number of hydrogen-bond donors (Lipinski definition) is 0. The Kier molecular flexibility index (Phi) is 2.05. The molecule has 0 fully saturated rings. The zero-order valence-corrected chi connectivity index (χ0v) is 8.10. The summed E-state index contributed by atoms with van der Waals surface area (Å²) in [5.74, 6) is 0. The average Bonchev–Trinajstić information content (AvgIpc) is 2.47. The Morgan fingerprint density at radius 2 is 2.45 bits per heavy atom. The Hall–Kier alpha value is -0.210. The third-order valence-electron chi connectivity index (χ3n) is 1.93. The van der Waals surface area contributed by atoms with Crippen LogP contribution in [-0.2, 0) is 6.42 Å². The summed E-state index contributed by atoms with van der Waals surface area (Å²) in [5, 5.41) is 2.26. The Morgan fingerprint density at radius 1 is 1.55 bits per heavy atom. The van der Waals surface area contributed by atoms with Gasteiger partial charge in [-0.3, -0.25) is 0 Å². The van der Waals surface area contributed by atoms with Crippen LogP contribution in [0.4, 0.5) is 0 Å². The molecule has 0 nitrogen and oxygen atoms in total. The first-order valence-corrected chi connectivity index (χ1v) is 5.83. The Bertz CT molecular complexity index is 284. The number of thioether (sulfide) groups is 1. The summed E-state index contributed by atoms with van der Waals surface area (Å²) >= 11 is 3.75. The van der Waals surface area contributed by atoms with Crippen LogP contribution >= 0.6 is 23.1 Å². The van der Waals surface area contributed by atoms with E-state index in [2.05, 4.69) is 23.8 Å². The zero-order valence-electron chi connectivity index (χ0n) is 6.46. The highest BCUT2D eigenvalue weighted by Gasteiger charge is 2.10. The van der Waals surface area contributed by atoms with Gasteiger partial charge in [0.1, 0.15) is 0 Å². The van der Waals surface area contributed by atoms with Crippen molar-refractivity contribution >= 4 is 29.2 Å². The first-order chi connectivity index (χ1) is 5.42. The van der Waals surface area contributed by atoms with Gasteiger partial charge in [-0.05, 0) is 35.6 Å². The lowest BCUT2D eigenvalue weighted by Gasteiger charge is -2.05. The van der Waals surface area contributed by atoms with Gasteiger partial charge in [-0.15, -0.1) is 23.1 Å². The first-order valence-electron chi connectivity index (χ1n) is 3.72. The second kappa shape index (κ2) is 3.03. The van der Waals surface area contributed by atoms with Gasteiger partial charge < -0.3 is 0 Å². The normalized spacial score (nSPS) is 15.0. The van der Waals surface area contributed by atoms with E-state index >= 15 is 0 Å². The topological polar surface area (TPSA) is 0 Å². The first kappa shape index (κ1) is 7.44. The molecule has 58 valence electrons. The van der Waals surface area contributed by atoms with Crippen molar-refractivity contribution in [1.82, 2.24) is 0 Å². The van der Waals surface area contributed by atoms with Crippen molar-refractivity contribution < 1.29 is 0 Å². The molecule has 0 aliphatic heterocycles. The van der Waals surface area contributed by atoms with Crippen LogP contribution in [0.1, 0.15) is 17.5 Å². The molecule has 0 spiro atoms. The summed E-state index contributed by atoms with van der Waals surface area (Å²) < 4.78 is 1.50. The van der Waals surface area contributed by atoms with Gasteiger partial charge >= 0.3 is 0 Å². The molecule has 1 heterocycles. The SMILES string of the molecule is CSc1scc2c1CCC=C2. The predicted molar refractivity (Wildman–Crippen MR) is 53.5 cm³/mol. The number of fused-ring (bicyclic) bond motifs is 1. The molecular weight excluding hydrogens is 172 g/mol. The second-order valence-electron chi connectivity index (χ2n) is 2.60. The van der Waals surface area contributed by atoms with Gasteiger partial charge in [0.2, 0.25) is 0 Å². The van der Waals surface area contributed by atoms with Gasteiger partial charge in [-0.25, -0.2) is 0 Å². The van der Waals surface area contributed by atoms with Crippen molar-refractivity contribution in [2.45, 2.75) is 17.1 Å². The fourth-order valence-electron chi connectivity index (χ4n) is 1.37. The minimum Gasteiger partial charge on any atom is -0.137 e. The molecule has 0 atom stereocenters. The molecule has 1 aliphatic rings. The number of allylic oxidation sites excluding steroid dienone is 1. The van der Waals surface area contributed by atoms with E-state index in [1.165, 1.54) is 22.6 Å². The van der Waals surface area contributed by atoms with Gasteiger partial charge in [-0.1, -0.05) is 12.2 Å². The quantitative estimate of drug-likeness (QED) is 0.600. The lowest BCUT2D eigenvalue weighted by molar-refractivity contribution is 0.973. The smallest absolute Gasteiger partial charge is 0.0634 e. The lowest BCUT2D eigenvalue weighted by atomic mass is 10.0. The molecule has 0 saturated carbocycles. The van der Waals surface area contributed by atoms with Crippen LogP contribution in [0, 0.1) is 0 Å². The second-order valence-corrected chi connectivity index (χ2v) is 4.56. The summed E-state index contributed by atoms with van der Waals surface area (Å²) in [6, 6.07) is 0. The summed E-state index contributed by atoms with van der Waals surface area (Å²) in [5.41, 5.74) is 3.02. The highest BCUT2D eigenvalue weighted by Crippen LogP contribution is 2.34. The van der Waals surface area contributed by atoms with Crippen LogP contribution in [0.25, 0.3) is 6.08 Å². The van der Waals surface area contributed by atoms with Crippen molar-refractivity contribution in [2.24, 2.45) is 0 Å². The van der Waals surface area contributed by atoms with Crippen LogP contribution in [-0.4, -0.2) is 6.26 Å². The molecule has 0 saturated heterocycles. The summed E-state index contributed by atoms with van der Waals surface area (Å²) in [4.78, 5) is 0. The summed E-state index contributed by atoms with van der Waals surface area (Å²) in [6.07, 6.45) is 9.13. The monoisotopic (exact) mass is 182 g/mol. The highest BCUT2D eigenvalue weighted by molar-refractivity contribution is 8.00. The van der Waals surface area contributed by atoms with E-state index in [-0.39, 0.29) is 0 Å². The van der Waals surface area contributed by atoms with Crippen LogP contribution < -0.4 is 0 Å². The summed E-state index contributed by atoms with van der Waals surface area (Å²) in [6.45, 7) is 0. The van der Waals surface area contributed by atoms with Crippen LogP contribution in [0.3, 0.4) is 0 Å². The van der Waals surface area contributed by atoms with Gasteiger partial charge in [-0.2, -0.15) is 0 Å². The number of rotatable bonds is 1. The van der Waals surface area contributed by atoms with Gasteiger partial charge in [0, 0.05) is 0 Å². The van der Waals surface area contributed by atoms with E-state index in [1.807, 2.05) is 23.1 Å². The molecule has 11 heavy (non-hydrogen) atoms. The van der Waals surface area contributed by atoms with Gasteiger partial charge in [0.05, 0.1) is 4.21 Å². The van der Waals surface area contributed by atoms with Crippen molar-refractivity contribution in [1.29, 1.82) is 0 Å². The van der Waals surface area contributed by atoms with Crippen molar-refractivity contribution in [3.8, 4) is 0 Å². The molecule has 0 unspecified atom stereocenters. The molecule has 1 aromatic heterocycles. The molecule has 0 radical (unpaired) electrons. The number of thiophene rings is 1. The fraction of sp³-hybridized carbons (Fsp3) is 0.333. The standard InChI is InChI=1S/C9H10S2/c1-10-9-8-5-3-2-4-7(8)6-11-9/h2,4,6H,3,5H2,1H3. The fourth-order valence-corrected chi connectivity index (χ4v) is 3.19. The maximum absolute atomic E-state index is 2.26. The van der Waals surface area contributed by atoms with Crippen molar-refractivity contribution in [3.63, 3.8) is 0 Å². The van der Waals surface area contributed by atoms with Crippen LogP contribution in [0.2, 0.25) is 0 Å². The molecule has 2 rings (SSSR count). The maximum atomic E-state index is 2.26. The minimum absolute atomic E-state index is 1.22. The molecular formula is C9H10S2. The molecule has 0 bridgehead atoms. The Labute approximate surface area is 75.3 Å². The third kappa shape index (κ3) is 1.25. The molecule has 1 aromatic rings. The maximum Gasteiger partial charge on any atom is 0.0634 e. The van der Waals surface area contributed by atoms with E-state index < -0.39 is 0 Å². The Balaban J connectivity index is 2.47. The van der Waals surface area contributed by atoms with E-state index in [0.717, 1.165) is 0 Å². The van der Waals surface area contributed by atoms with Gasteiger partial charge in [0.15, 0.2) is 0 Å². The third-order valence-corrected chi connectivity index (χ3v) is 4.17. The summed E-state index contributed by atoms with van der Waals surface area (Å²) in [7, 11) is 0. The molecule has 0 aromatic carbocycles. The van der Waals surface area contributed by atoms with Crippen LogP contribution in [0.15, 0.2) is 15.7 Å². The van der Waals surface area contributed by atoms with Crippen LogP contribution in [0.5, 0.6) is 0 Å². The Morgan fingerprint density at radius 3 is 3.27 bits per heavy atom.